The van der Waals surface area contributed by atoms with Gasteiger partial charge in [0.1, 0.15) is 5.92 Å². The summed E-state index contributed by atoms with van der Waals surface area (Å²) in [5.41, 5.74) is 0. The van der Waals surface area contributed by atoms with E-state index in [4.69, 9.17) is 23.7 Å². The molecular weight excluding hydrogens is 204 g/mol. The lowest BCUT2D eigenvalue weighted by Gasteiger charge is -2.31. The predicted molar refractivity (Wildman–Crippen MR) is 48.8 cm³/mol. The number of hydrogen-bond acceptors (Lipinski definition) is 6. The predicted octanol–water partition coefficient (Wildman–Crippen LogP) is 0.115. The number of cyclic esters (lactones) is 1. The SMILES string of the molecule is COC1CC(C(OC)(OC)OC)C(=O)O1. The molecule has 88 valence electrons. The molecule has 0 amide bonds. The van der Waals surface area contributed by atoms with Gasteiger partial charge in [-0.2, -0.15) is 0 Å². The average Bonchev–Trinajstić information content (AvgIpc) is 2.64. The topological polar surface area (TPSA) is 63.2 Å². The molecule has 1 saturated heterocycles. The second-order valence-corrected chi connectivity index (χ2v) is 3.11. The third-order valence-corrected chi connectivity index (χ3v) is 2.50. The minimum absolute atomic E-state index is 0.338. The summed E-state index contributed by atoms with van der Waals surface area (Å²) < 4.78 is 25.1. The first kappa shape index (κ1) is 12.4. The van der Waals surface area contributed by atoms with Gasteiger partial charge in [0.2, 0.25) is 6.29 Å². The number of rotatable bonds is 5. The van der Waals surface area contributed by atoms with E-state index in [1.165, 1.54) is 28.4 Å². The summed E-state index contributed by atoms with van der Waals surface area (Å²) in [5.74, 6) is -2.50. The summed E-state index contributed by atoms with van der Waals surface area (Å²) in [7, 11) is 5.68. The summed E-state index contributed by atoms with van der Waals surface area (Å²) in [6.07, 6.45) is -0.229. The van der Waals surface area contributed by atoms with E-state index >= 15 is 0 Å². The van der Waals surface area contributed by atoms with Gasteiger partial charge in [0.05, 0.1) is 0 Å². The Morgan fingerprint density at radius 3 is 2.07 bits per heavy atom. The molecule has 1 fully saturated rings. The molecule has 0 aromatic carbocycles. The van der Waals surface area contributed by atoms with Crippen molar-refractivity contribution in [3.05, 3.63) is 0 Å². The Bertz CT molecular complexity index is 216. The first-order valence-electron chi connectivity index (χ1n) is 4.52. The molecule has 0 aromatic heterocycles. The van der Waals surface area contributed by atoms with E-state index in [1.807, 2.05) is 0 Å². The maximum absolute atomic E-state index is 11.5. The van der Waals surface area contributed by atoms with Gasteiger partial charge in [-0.15, -0.1) is 0 Å². The molecule has 0 aliphatic carbocycles. The van der Waals surface area contributed by atoms with Crippen LogP contribution in [0.4, 0.5) is 0 Å². The second-order valence-electron chi connectivity index (χ2n) is 3.11. The maximum Gasteiger partial charge on any atom is 0.319 e. The molecule has 1 rings (SSSR count). The quantitative estimate of drug-likeness (QED) is 0.484. The van der Waals surface area contributed by atoms with Crippen LogP contribution in [-0.2, 0) is 28.5 Å². The Balaban J connectivity index is 2.81. The molecule has 0 radical (unpaired) electrons. The fourth-order valence-corrected chi connectivity index (χ4v) is 1.66. The van der Waals surface area contributed by atoms with Crippen LogP contribution in [0.2, 0.25) is 0 Å². The van der Waals surface area contributed by atoms with Gasteiger partial charge in [-0.05, 0) is 0 Å². The highest BCUT2D eigenvalue weighted by Gasteiger charge is 2.52. The smallest absolute Gasteiger partial charge is 0.319 e. The molecule has 0 N–H and O–H groups in total. The fraction of sp³-hybridized carbons (Fsp3) is 0.889. The van der Waals surface area contributed by atoms with E-state index < -0.39 is 24.2 Å². The van der Waals surface area contributed by atoms with Gasteiger partial charge in [-0.3, -0.25) is 4.79 Å². The molecule has 0 bridgehead atoms. The van der Waals surface area contributed by atoms with E-state index in [2.05, 4.69) is 0 Å². The van der Waals surface area contributed by atoms with Gasteiger partial charge in [0.15, 0.2) is 0 Å². The molecule has 0 saturated carbocycles. The number of carbonyl (C=O) groups excluding carboxylic acids is 1. The summed E-state index contributed by atoms with van der Waals surface area (Å²) in [6, 6.07) is 0. The van der Waals surface area contributed by atoms with Gasteiger partial charge >= 0.3 is 5.97 Å². The minimum Gasteiger partial charge on any atom is -0.435 e. The number of esters is 1. The van der Waals surface area contributed by atoms with Gasteiger partial charge in [0, 0.05) is 34.9 Å². The van der Waals surface area contributed by atoms with E-state index in [-0.39, 0.29) is 0 Å². The van der Waals surface area contributed by atoms with Crippen molar-refractivity contribution < 1.29 is 28.5 Å². The van der Waals surface area contributed by atoms with Crippen LogP contribution in [0, 0.1) is 5.92 Å². The third kappa shape index (κ3) is 2.12. The van der Waals surface area contributed by atoms with Crippen LogP contribution < -0.4 is 0 Å². The standard InChI is InChI=1S/C9H16O6/c1-11-7-5-6(8(10)15-7)9(12-2,13-3)14-4/h6-7H,5H2,1-4H3. The lowest BCUT2D eigenvalue weighted by molar-refractivity contribution is -0.371. The van der Waals surface area contributed by atoms with Crippen molar-refractivity contribution in [2.24, 2.45) is 5.92 Å². The lowest BCUT2D eigenvalue weighted by Crippen LogP contribution is -2.46. The van der Waals surface area contributed by atoms with Crippen molar-refractivity contribution in [3.8, 4) is 0 Å². The van der Waals surface area contributed by atoms with Crippen LogP contribution in [0.15, 0.2) is 0 Å². The number of carbonyl (C=O) groups is 1. The van der Waals surface area contributed by atoms with Crippen molar-refractivity contribution in [2.45, 2.75) is 18.7 Å². The van der Waals surface area contributed by atoms with E-state index in [1.54, 1.807) is 0 Å². The number of methoxy groups -OCH3 is 4. The van der Waals surface area contributed by atoms with E-state index in [0.29, 0.717) is 6.42 Å². The summed E-state index contributed by atoms with van der Waals surface area (Å²) in [5, 5.41) is 0. The third-order valence-electron chi connectivity index (χ3n) is 2.50. The highest BCUT2D eigenvalue weighted by atomic mass is 16.9. The highest BCUT2D eigenvalue weighted by molar-refractivity contribution is 5.75. The molecule has 2 atom stereocenters. The molecule has 1 heterocycles. The van der Waals surface area contributed by atoms with Crippen molar-refractivity contribution in [2.75, 3.05) is 28.4 Å². The summed E-state index contributed by atoms with van der Waals surface area (Å²) >= 11 is 0. The first-order chi connectivity index (χ1) is 7.13. The van der Waals surface area contributed by atoms with E-state index in [0.717, 1.165) is 0 Å². The monoisotopic (exact) mass is 220 g/mol. The van der Waals surface area contributed by atoms with Crippen LogP contribution in [0.3, 0.4) is 0 Å². The van der Waals surface area contributed by atoms with Crippen LogP contribution in [0.1, 0.15) is 6.42 Å². The van der Waals surface area contributed by atoms with Crippen molar-refractivity contribution in [1.29, 1.82) is 0 Å². The molecule has 6 heteroatoms. The molecule has 15 heavy (non-hydrogen) atoms. The molecule has 0 spiro atoms. The molecule has 1 aliphatic heterocycles. The number of ether oxygens (including phenoxy) is 5. The fourth-order valence-electron chi connectivity index (χ4n) is 1.66. The zero-order valence-electron chi connectivity index (χ0n) is 9.31. The average molecular weight is 220 g/mol. The number of hydrogen-bond donors (Lipinski definition) is 0. The maximum atomic E-state index is 11.5. The van der Waals surface area contributed by atoms with Gasteiger partial charge in [-0.1, -0.05) is 0 Å². The Morgan fingerprint density at radius 2 is 1.73 bits per heavy atom. The molecule has 2 unspecified atom stereocenters. The molecule has 6 nitrogen and oxygen atoms in total. The summed E-state index contributed by atoms with van der Waals surface area (Å²) in [4.78, 5) is 11.5. The normalized spacial score (nSPS) is 26.8. The van der Waals surface area contributed by atoms with Gasteiger partial charge < -0.3 is 23.7 Å². The van der Waals surface area contributed by atoms with Crippen LogP contribution in [0.25, 0.3) is 0 Å². The van der Waals surface area contributed by atoms with Crippen LogP contribution in [0.5, 0.6) is 0 Å². The van der Waals surface area contributed by atoms with Crippen LogP contribution >= 0.6 is 0 Å². The van der Waals surface area contributed by atoms with E-state index in [9.17, 15) is 4.79 Å². The Labute approximate surface area is 88.4 Å². The van der Waals surface area contributed by atoms with Crippen molar-refractivity contribution in [3.63, 3.8) is 0 Å². The lowest BCUT2D eigenvalue weighted by atomic mass is 10.1. The summed E-state index contributed by atoms with van der Waals surface area (Å²) in [6.45, 7) is 0. The van der Waals surface area contributed by atoms with Gasteiger partial charge in [-0.25, -0.2) is 0 Å². The Morgan fingerprint density at radius 1 is 1.20 bits per heavy atom. The zero-order chi connectivity index (χ0) is 11.5. The largest absolute Gasteiger partial charge is 0.435 e. The first-order valence-corrected chi connectivity index (χ1v) is 4.52. The van der Waals surface area contributed by atoms with Crippen molar-refractivity contribution in [1.82, 2.24) is 0 Å². The molecule has 1 aliphatic rings. The second kappa shape index (κ2) is 4.89. The van der Waals surface area contributed by atoms with Gasteiger partial charge in [0.25, 0.3) is 5.97 Å². The molecular formula is C9H16O6. The Kier molecular flexibility index (Phi) is 4.04. The Hall–Kier alpha value is -0.690. The molecule has 0 aromatic rings. The highest BCUT2D eigenvalue weighted by Crippen LogP contribution is 2.34. The minimum atomic E-state index is -1.40. The van der Waals surface area contributed by atoms with Crippen molar-refractivity contribution >= 4 is 5.97 Å². The zero-order valence-corrected chi connectivity index (χ0v) is 9.31. The van der Waals surface area contributed by atoms with Crippen LogP contribution in [-0.4, -0.2) is 46.7 Å².